The number of hydrogen-bond acceptors (Lipinski definition) is 3. The van der Waals surface area contributed by atoms with Crippen LogP contribution in [0, 0.1) is 0 Å². The lowest BCUT2D eigenvalue weighted by molar-refractivity contribution is 0.174. The third-order valence-electron chi connectivity index (χ3n) is 1.94. The molecule has 0 aliphatic carbocycles. The lowest BCUT2D eigenvalue weighted by Gasteiger charge is -2.08. The van der Waals surface area contributed by atoms with Gasteiger partial charge < -0.3 is 14.8 Å². The molecule has 1 unspecified atom stereocenters. The molecule has 1 aromatic carbocycles. The first-order chi connectivity index (χ1) is 6.31. The Labute approximate surface area is 85.2 Å². The highest BCUT2D eigenvalue weighted by Crippen LogP contribution is 2.35. The largest absolute Gasteiger partial charge is 0.454 e. The number of benzene rings is 1. The van der Waals surface area contributed by atoms with E-state index in [1.165, 1.54) is 0 Å². The first-order valence-corrected chi connectivity index (χ1v) is 4.93. The second-order valence-electron chi connectivity index (χ2n) is 2.76. The van der Waals surface area contributed by atoms with Gasteiger partial charge in [-0.1, -0.05) is 22.0 Å². The predicted octanol–water partition coefficient (Wildman–Crippen LogP) is 2.03. The molecule has 1 heterocycles. The first-order valence-electron chi connectivity index (χ1n) is 4.02. The average Bonchev–Trinajstić information content (AvgIpc) is 2.63. The smallest absolute Gasteiger partial charge is 0.231 e. The lowest BCUT2D eigenvalue weighted by Crippen LogP contribution is -2.08. The molecule has 3 nitrogen and oxygen atoms in total. The minimum absolute atomic E-state index is 0.155. The Bertz CT molecular complexity index is 316. The molecule has 0 radical (unpaired) electrons. The van der Waals surface area contributed by atoms with E-state index in [0.29, 0.717) is 6.79 Å². The molecule has 0 saturated heterocycles. The Morgan fingerprint density at radius 2 is 2.15 bits per heavy atom. The molecule has 1 aromatic rings. The molecule has 0 spiro atoms. The van der Waals surface area contributed by atoms with Crippen molar-refractivity contribution in [3.63, 3.8) is 0 Å². The quantitative estimate of drug-likeness (QED) is 0.637. The van der Waals surface area contributed by atoms with Crippen LogP contribution in [0.5, 0.6) is 11.5 Å². The molecule has 1 aliphatic heterocycles. The molecular formula is C9H10BrNO2. The van der Waals surface area contributed by atoms with Crippen molar-refractivity contribution in [3.05, 3.63) is 23.8 Å². The highest BCUT2D eigenvalue weighted by Gasteiger charge is 2.15. The normalized spacial score (nSPS) is 15.8. The summed E-state index contributed by atoms with van der Waals surface area (Å²) in [4.78, 5) is 0.155. The molecule has 13 heavy (non-hydrogen) atoms. The number of fused-ring (bicyclic) bond motifs is 1. The third-order valence-corrected chi connectivity index (χ3v) is 2.93. The number of alkyl halides is 1. The Hall–Kier alpha value is -0.740. The summed E-state index contributed by atoms with van der Waals surface area (Å²) < 4.78 is 10.5. The van der Waals surface area contributed by atoms with Crippen LogP contribution in [0.1, 0.15) is 10.5 Å². The summed E-state index contributed by atoms with van der Waals surface area (Å²) in [5, 5.41) is 3.09. The van der Waals surface area contributed by atoms with Gasteiger partial charge in [0.2, 0.25) is 6.79 Å². The Balaban J connectivity index is 2.30. The molecule has 0 saturated carbocycles. The fourth-order valence-electron chi connectivity index (χ4n) is 1.24. The van der Waals surface area contributed by atoms with Crippen LogP contribution in [-0.4, -0.2) is 13.8 Å². The molecule has 0 fully saturated rings. The van der Waals surface area contributed by atoms with Gasteiger partial charge in [0.05, 0.1) is 4.95 Å². The molecular weight excluding hydrogens is 234 g/mol. The van der Waals surface area contributed by atoms with E-state index in [2.05, 4.69) is 21.2 Å². The summed E-state index contributed by atoms with van der Waals surface area (Å²) in [6.07, 6.45) is 0. The topological polar surface area (TPSA) is 30.5 Å². The van der Waals surface area contributed by atoms with Gasteiger partial charge in [-0.25, -0.2) is 0 Å². The maximum Gasteiger partial charge on any atom is 0.231 e. The molecule has 1 atom stereocenters. The highest BCUT2D eigenvalue weighted by atomic mass is 79.9. The lowest BCUT2D eigenvalue weighted by atomic mass is 10.2. The Morgan fingerprint density at radius 1 is 1.38 bits per heavy atom. The van der Waals surface area contributed by atoms with Crippen LogP contribution in [0.15, 0.2) is 18.2 Å². The second-order valence-corrected chi connectivity index (χ2v) is 3.68. The van der Waals surface area contributed by atoms with E-state index < -0.39 is 0 Å². The van der Waals surface area contributed by atoms with Crippen LogP contribution < -0.4 is 14.8 Å². The fourth-order valence-corrected chi connectivity index (χ4v) is 1.52. The second kappa shape index (κ2) is 3.55. The molecule has 4 heteroatoms. The van der Waals surface area contributed by atoms with Crippen molar-refractivity contribution in [2.75, 3.05) is 13.8 Å². The van der Waals surface area contributed by atoms with Gasteiger partial charge >= 0.3 is 0 Å². The van der Waals surface area contributed by atoms with E-state index in [1.807, 2.05) is 25.2 Å². The molecule has 1 aliphatic rings. The van der Waals surface area contributed by atoms with Crippen LogP contribution >= 0.6 is 15.9 Å². The summed E-state index contributed by atoms with van der Waals surface area (Å²) in [5.41, 5.74) is 1.13. The molecule has 70 valence electrons. The van der Waals surface area contributed by atoms with E-state index in [9.17, 15) is 0 Å². The molecule has 0 bridgehead atoms. The monoisotopic (exact) mass is 243 g/mol. The van der Waals surface area contributed by atoms with Gasteiger partial charge in [-0.2, -0.15) is 0 Å². The van der Waals surface area contributed by atoms with E-state index in [-0.39, 0.29) is 4.95 Å². The highest BCUT2D eigenvalue weighted by molar-refractivity contribution is 9.09. The molecule has 0 aromatic heterocycles. The van der Waals surface area contributed by atoms with Gasteiger partial charge in [0.25, 0.3) is 0 Å². The summed E-state index contributed by atoms with van der Waals surface area (Å²) in [5.74, 6) is 1.64. The van der Waals surface area contributed by atoms with E-state index >= 15 is 0 Å². The average molecular weight is 244 g/mol. The van der Waals surface area contributed by atoms with E-state index in [4.69, 9.17) is 9.47 Å². The van der Waals surface area contributed by atoms with Gasteiger partial charge in [0.1, 0.15) is 0 Å². The summed E-state index contributed by atoms with van der Waals surface area (Å²) in [7, 11) is 1.89. The van der Waals surface area contributed by atoms with Crippen molar-refractivity contribution in [1.29, 1.82) is 0 Å². The van der Waals surface area contributed by atoms with Crippen LogP contribution in [0.4, 0.5) is 0 Å². The number of halogens is 1. The van der Waals surface area contributed by atoms with Gasteiger partial charge in [0, 0.05) is 0 Å². The van der Waals surface area contributed by atoms with Crippen LogP contribution in [0.2, 0.25) is 0 Å². The molecule has 0 amide bonds. The van der Waals surface area contributed by atoms with Crippen molar-refractivity contribution in [1.82, 2.24) is 5.32 Å². The summed E-state index contributed by atoms with van der Waals surface area (Å²) >= 11 is 3.49. The Morgan fingerprint density at radius 3 is 2.92 bits per heavy atom. The Kier molecular flexibility index (Phi) is 2.42. The van der Waals surface area contributed by atoms with Crippen LogP contribution in [-0.2, 0) is 0 Å². The first kappa shape index (κ1) is 8.84. The van der Waals surface area contributed by atoms with Gasteiger partial charge in [-0.05, 0) is 24.7 Å². The van der Waals surface area contributed by atoms with Crippen molar-refractivity contribution >= 4 is 15.9 Å². The SMILES string of the molecule is CNC(Br)c1ccc2c(c1)OCO2. The van der Waals surface area contributed by atoms with Crippen molar-refractivity contribution in [2.45, 2.75) is 4.95 Å². The molecule has 1 N–H and O–H groups in total. The predicted molar refractivity (Wildman–Crippen MR) is 53.3 cm³/mol. The zero-order valence-corrected chi connectivity index (χ0v) is 8.80. The van der Waals surface area contributed by atoms with E-state index in [0.717, 1.165) is 17.1 Å². The van der Waals surface area contributed by atoms with Gasteiger partial charge in [-0.15, -0.1) is 0 Å². The van der Waals surface area contributed by atoms with Crippen LogP contribution in [0.25, 0.3) is 0 Å². The fraction of sp³-hybridized carbons (Fsp3) is 0.333. The maximum absolute atomic E-state index is 5.26. The summed E-state index contributed by atoms with van der Waals surface area (Å²) in [6.45, 7) is 0.325. The summed E-state index contributed by atoms with van der Waals surface area (Å²) in [6, 6.07) is 5.89. The minimum Gasteiger partial charge on any atom is -0.454 e. The molecule has 2 rings (SSSR count). The van der Waals surface area contributed by atoms with Gasteiger partial charge in [0.15, 0.2) is 11.5 Å². The zero-order chi connectivity index (χ0) is 9.26. The van der Waals surface area contributed by atoms with Crippen molar-refractivity contribution in [3.8, 4) is 11.5 Å². The van der Waals surface area contributed by atoms with E-state index in [1.54, 1.807) is 0 Å². The van der Waals surface area contributed by atoms with Crippen molar-refractivity contribution < 1.29 is 9.47 Å². The minimum atomic E-state index is 0.155. The van der Waals surface area contributed by atoms with Crippen LogP contribution in [0.3, 0.4) is 0 Å². The number of nitrogens with one attached hydrogen (secondary N) is 1. The van der Waals surface area contributed by atoms with Gasteiger partial charge in [-0.3, -0.25) is 0 Å². The maximum atomic E-state index is 5.26. The standard InChI is InChI=1S/C9H10BrNO2/c1-11-9(10)6-2-3-7-8(4-6)13-5-12-7/h2-4,9,11H,5H2,1H3. The number of rotatable bonds is 2. The van der Waals surface area contributed by atoms with Crippen molar-refractivity contribution in [2.24, 2.45) is 0 Å². The number of hydrogen-bond donors (Lipinski definition) is 1. The third kappa shape index (κ3) is 1.64. The number of ether oxygens (including phenoxy) is 2. The zero-order valence-electron chi connectivity index (χ0n) is 7.21.